The number of aliphatic carboxylic acids is 1. The van der Waals surface area contributed by atoms with E-state index in [-0.39, 0.29) is 18.5 Å². The van der Waals surface area contributed by atoms with E-state index in [9.17, 15) is 9.59 Å². The maximum atomic E-state index is 12.3. The van der Waals surface area contributed by atoms with Crippen LogP contribution < -0.4 is 5.32 Å². The number of carbonyl (C=O) groups is 2. The van der Waals surface area contributed by atoms with Crippen molar-refractivity contribution in [3.63, 3.8) is 0 Å². The molecule has 0 aromatic heterocycles. The van der Waals surface area contributed by atoms with Gasteiger partial charge in [0.15, 0.2) is 0 Å². The smallest absolute Gasteiger partial charge is 0.317 e. The normalized spacial score (nSPS) is 21.4. The molecule has 6 heteroatoms. The molecule has 1 unspecified atom stereocenters. The fourth-order valence-corrected chi connectivity index (χ4v) is 2.92. The molecule has 1 heterocycles. The summed E-state index contributed by atoms with van der Waals surface area (Å²) in [4.78, 5) is 27.3. The van der Waals surface area contributed by atoms with Crippen molar-refractivity contribution in [3.05, 3.63) is 0 Å². The van der Waals surface area contributed by atoms with Crippen molar-refractivity contribution < 1.29 is 14.7 Å². The van der Waals surface area contributed by atoms with Crippen LogP contribution in [0.1, 0.15) is 33.1 Å². The first-order chi connectivity index (χ1) is 9.95. The van der Waals surface area contributed by atoms with Crippen molar-refractivity contribution in [1.29, 1.82) is 0 Å². The van der Waals surface area contributed by atoms with Gasteiger partial charge in [-0.1, -0.05) is 13.8 Å². The first-order valence-corrected chi connectivity index (χ1v) is 7.95. The number of nitrogens with one attached hydrogen (secondary N) is 1. The van der Waals surface area contributed by atoms with E-state index < -0.39 is 5.97 Å². The standard InChI is InChI=1S/C15H27N3O3/c1-11(2)10-17-5-7-18(8-6-17)15(21)16-13(9-14(19)20)12-3-4-12/h11-13H,3-10H2,1-2H3,(H,16,21)(H,19,20). The first kappa shape index (κ1) is 16.1. The molecule has 21 heavy (non-hydrogen) atoms. The van der Waals surface area contributed by atoms with Gasteiger partial charge in [0.05, 0.1) is 6.42 Å². The van der Waals surface area contributed by atoms with Gasteiger partial charge >= 0.3 is 12.0 Å². The lowest BCUT2D eigenvalue weighted by Crippen LogP contribution is -2.54. The van der Waals surface area contributed by atoms with Gasteiger partial charge < -0.3 is 15.3 Å². The summed E-state index contributed by atoms with van der Waals surface area (Å²) in [5, 5.41) is 11.9. The summed E-state index contributed by atoms with van der Waals surface area (Å²) < 4.78 is 0. The number of piperazine rings is 1. The summed E-state index contributed by atoms with van der Waals surface area (Å²) in [7, 11) is 0. The van der Waals surface area contributed by atoms with Gasteiger partial charge in [0, 0.05) is 38.8 Å². The maximum Gasteiger partial charge on any atom is 0.317 e. The fraction of sp³-hybridized carbons (Fsp3) is 0.867. The Bertz CT molecular complexity index is 374. The number of urea groups is 1. The van der Waals surface area contributed by atoms with E-state index in [1.54, 1.807) is 0 Å². The molecule has 0 radical (unpaired) electrons. The third kappa shape index (κ3) is 5.19. The van der Waals surface area contributed by atoms with Crippen LogP contribution in [-0.2, 0) is 4.79 Å². The molecule has 6 nitrogen and oxygen atoms in total. The van der Waals surface area contributed by atoms with Crippen molar-refractivity contribution in [3.8, 4) is 0 Å². The average Bonchev–Trinajstić information content (AvgIpc) is 3.21. The molecular formula is C15H27N3O3. The van der Waals surface area contributed by atoms with Crippen LogP contribution in [0.15, 0.2) is 0 Å². The van der Waals surface area contributed by atoms with Crippen LogP contribution in [0.4, 0.5) is 4.79 Å². The van der Waals surface area contributed by atoms with E-state index in [4.69, 9.17) is 5.11 Å². The number of rotatable bonds is 6. The number of nitrogens with zero attached hydrogens (tertiary/aromatic N) is 2. The fourth-order valence-electron chi connectivity index (χ4n) is 2.92. The molecule has 1 saturated carbocycles. The lowest BCUT2D eigenvalue weighted by molar-refractivity contribution is -0.137. The zero-order valence-corrected chi connectivity index (χ0v) is 13.0. The van der Waals surface area contributed by atoms with Crippen molar-refractivity contribution in [1.82, 2.24) is 15.1 Å². The molecule has 0 aromatic carbocycles. The van der Waals surface area contributed by atoms with Crippen molar-refractivity contribution >= 4 is 12.0 Å². The van der Waals surface area contributed by atoms with Crippen LogP contribution in [0.25, 0.3) is 0 Å². The zero-order valence-electron chi connectivity index (χ0n) is 13.0. The SMILES string of the molecule is CC(C)CN1CCN(C(=O)NC(CC(=O)O)C2CC2)CC1. The molecule has 2 N–H and O–H groups in total. The first-order valence-electron chi connectivity index (χ1n) is 7.95. The van der Waals surface area contributed by atoms with Gasteiger partial charge in [-0.2, -0.15) is 0 Å². The van der Waals surface area contributed by atoms with Gasteiger partial charge in [-0.3, -0.25) is 9.69 Å². The van der Waals surface area contributed by atoms with Gasteiger partial charge in [-0.05, 0) is 24.7 Å². The highest BCUT2D eigenvalue weighted by molar-refractivity contribution is 5.76. The Labute approximate surface area is 126 Å². The van der Waals surface area contributed by atoms with Crippen LogP contribution in [0.5, 0.6) is 0 Å². The molecule has 1 aliphatic heterocycles. The second-order valence-electron chi connectivity index (χ2n) is 6.67. The minimum atomic E-state index is -0.839. The summed E-state index contributed by atoms with van der Waals surface area (Å²) >= 11 is 0. The van der Waals surface area contributed by atoms with Gasteiger partial charge in [-0.25, -0.2) is 4.79 Å². The van der Waals surface area contributed by atoms with Gasteiger partial charge in [0.25, 0.3) is 0 Å². The highest BCUT2D eigenvalue weighted by Crippen LogP contribution is 2.34. The van der Waals surface area contributed by atoms with Crippen LogP contribution in [0.3, 0.4) is 0 Å². The Hall–Kier alpha value is -1.30. The number of carboxylic acids is 1. The van der Waals surface area contributed by atoms with Crippen LogP contribution in [0, 0.1) is 11.8 Å². The Morgan fingerprint density at radius 2 is 1.81 bits per heavy atom. The Morgan fingerprint density at radius 3 is 2.29 bits per heavy atom. The minimum absolute atomic E-state index is 0.0315. The van der Waals surface area contributed by atoms with Gasteiger partial charge in [0.2, 0.25) is 0 Å². The molecule has 120 valence electrons. The van der Waals surface area contributed by atoms with Crippen molar-refractivity contribution in [2.45, 2.75) is 39.2 Å². The number of hydrogen-bond donors (Lipinski definition) is 2. The number of carboxylic acid groups (broad SMARTS) is 1. The van der Waals surface area contributed by atoms with E-state index in [1.165, 1.54) is 0 Å². The second kappa shape index (κ2) is 7.11. The highest BCUT2D eigenvalue weighted by Gasteiger charge is 2.35. The molecule has 2 rings (SSSR count). The molecule has 1 atom stereocenters. The molecule has 2 aliphatic rings. The molecule has 0 aromatic rings. The number of hydrogen-bond acceptors (Lipinski definition) is 3. The number of amides is 2. The third-order valence-electron chi connectivity index (χ3n) is 4.18. The summed E-state index contributed by atoms with van der Waals surface area (Å²) in [6, 6.07) is -0.305. The van der Waals surface area contributed by atoms with E-state index in [1.807, 2.05) is 4.90 Å². The number of carbonyl (C=O) groups excluding carboxylic acids is 1. The Morgan fingerprint density at radius 1 is 1.19 bits per heavy atom. The maximum absolute atomic E-state index is 12.3. The van der Waals surface area contributed by atoms with E-state index >= 15 is 0 Å². The van der Waals surface area contributed by atoms with Crippen molar-refractivity contribution in [2.75, 3.05) is 32.7 Å². The quantitative estimate of drug-likeness (QED) is 0.773. The Balaban J connectivity index is 1.77. The van der Waals surface area contributed by atoms with E-state index in [2.05, 4.69) is 24.1 Å². The van der Waals surface area contributed by atoms with Crippen LogP contribution in [0.2, 0.25) is 0 Å². The molecule has 0 spiro atoms. The molecule has 1 saturated heterocycles. The summed E-state index contributed by atoms with van der Waals surface area (Å²) in [6.45, 7) is 8.72. The van der Waals surface area contributed by atoms with E-state index in [0.717, 1.165) is 45.6 Å². The molecule has 2 fully saturated rings. The molecule has 2 amide bonds. The third-order valence-corrected chi connectivity index (χ3v) is 4.18. The topological polar surface area (TPSA) is 72.9 Å². The Kier molecular flexibility index (Phi) is 5.45. The second-order valence-corrected chi connectivity index (χ2v) is 6.67. The van der Waals surface area contributed by atoms with Gasteiger partial charge in [0.1, 0.15) is 0 Å². The predicted molar refractivity (Wildman–Crippen MR) is 80.1 cm³/mol. The highest BCUT2D eigenvalue weighted by atomic mass is 16.4. The van der Waals surface area contributed by atoms with Crippen molar-refractivity contribution in [2.24, 2.45) is 11.8 Å². The predicted octanol–water partition coefficient (Wildman–Crippen LogP) is 1.22. The summed E-state index contributed by atoms with van der Waals surface area (Å²) in [5.41, 5.74) is 0. The zero-order chi connectivity index (χ0) is 15.4. The van der Waals surface area contributed by atoms with Crippen LogP contribution in [-0.4, -0.2) is 65.7 Å². The largest absolute Gasteiger partial charge is 0.481 e. The molecular weight excluding hydrogens is 270 g/mol. The molecule has 0 bridgehead atoms. The van der Waals surface area contributed by atoms with Crippen LogP contribution >= 0.6 is 0 Å². The lowest BCUT2D eigenvalue weighted by atomic mass is 10.1. The summed E-state index contributed by atoms with van der Waals surface area (Å²) in [5.74, 6) is 0.154. The van der Waals surface area contributed by atoms with E-state index in [0.29, 0.717) is 11.8 Å². The minimum Gasteiger partial charge on any atom is -0.481 e. The van der Waals surface area contributed by atoms with Gasteiger partial charge in [-0.15, -0.1) is 0 Å². The molecule has 1 aliphatic carbocycles. The lowest BCUT2D eigenvalue weighted by Gasteiger charge is -2.36. The monoisotopic (exact) mass is 297 g/mol. The summed E-state index contributed by atoms with van der Waals surface area (Å²) in [6.07, 6.45) is 2.09. The average molecular weight is 297 g/mol.